The summed E-state index contributed by atoms with van der Waals surface area (Å²) in [7, 11) is 0. The Morgan fingerprint density at radius 2 is 1.68 bits per heavy atom. The number of rotatable bonds is 3. The van der Waals surface area contributed by atoms with Gasteiger partial charge in [0.15, 0.2) is 0 Å². The lowest BCUT2D eigenvalue weighted by molar-refractivity contribution is 0.467. The normalized spacial score (nSPS) is 16.3. The number of aryl methyl sites for hydroxylation is 1. The maximum atomic E-state index is 3.77. The summed E-state index contributed by atoms with van der Waals surface area (Å²) in [5.41, 5.74) is 5.74. The lowest BCUT2D eigenvalue weighted by atomic mass is 10.0. The number of hydrogen-bond donors (Lipinski definition) is 1. The first-order chi connectivity index (χ1) is 9.22. The monoisotopic (exact) mass is 251 g/mol. The topological polar surface area (TPSA) is 12.0 Å². The van der Waals surface area contributed by atoms with E-state index in [4.69, 9.17) is 0 Å². The minimum atomic E-state index is 0.416. The molecule has 0 spiro atoms. The average molecular weight is 251 g/mol. The number of hydrogen-bond acceptors (Lipinski definition) is 1. The number of fused-ring (bicyclic) bond motifs is 1. The van der Waals surface area contributed by atoms with Crippen molar-refractivity contribution < 1.29 is 0 Å². The van der Waals surface area contributed by atoms with Gasteiger partial charge in [-0.15, -0.1) is 0 Å². The molecule has 0 heterocycles. The molecule has 0 bridgehead atoms. The Labute approximate surface area is 115 Å². The molecule has 0 aromatic heterocycles. The second kappa shape index (κ2) is 5.18. The molecule has 2 aromatic carbocycles. The Morgan fingerprint density at radius 1 is 1.00 bits per heavy atom. The SMILES string of the molecule is Cc1cccc([C@H](C)NC2Cc3ccccc3C2)c1. The van der Waals surface area contributed by atoms with Crippen LogP contribution in [0.5, 0.6) is 0 Å². The van der Waals surface area contributed by atoms with E-state index >= 15 is 0 Å². The smallest absolute Gasteiger partial charge is 0.0294 e. The minimum Gasteiger partial charge on any atom is -0.307 e. The summed E-state index contributed by atoms with van der Waals surface area (Å²) in [4.78, 5) is 0. The first kappa shape index (κ1) is 12.4. The van der Waals surface area contributed by atoms with Crippen LogP contribution in [0.2, 0.25) is 0 Å². The molecule has 0 saturated carbocycles. The zero-order valence-corrected chi connectivity index (χ0v) is 11.7. The third kappa shape index (κ3) is 2.71. The zero-order valence-electron chi connectivity index (χ0n) is 11.7. The van der Waals surface area contributed by atoms with E-state index < -0.39 is 0 Å². The standard InChI is InChI=1S/C18H21N/c1-13-6-5-9-15(10-13)14(2)19-18-11-16-7-3-4-8-17(16)12-18/h3-10,14,18-19H,11-12H2,1-2H3/t14-/m0/s1. The molecular formula is C18H21N. The van der Waals surface area contributed by atoms with Crippen molar-refractivity contribution in [1.82, 2.24) is 5.32 Å². The third-order valence-electron chi connectivity index (χ3n) is 4.08. The van der Waals surface area contributed by atoms with Crippen LogP contribution in [0.25, 0.3) is 0 Å². The molecule has 1 nitrogen and oxygen atoms in total. The van der Waals surface area contributed by atoms with Gasteiger partial charge in [0, 0.05) is 12.1 Å². The van der Waals surface area contributed by atoms with Crippen molar-refractivity contribution in [2.45, 2.75) is 38.8 Å². The van der Waals surface area contributed by atoms with Crippen molar-refractivity contribution in [2.24, 2.45) is 0 Å². The molecule has 1 aliphatic carbocycles. The van der Waals surface area contributed by atoms with Gasteiger partial charge in [-0.2, -0.15) is 0 Å². The molecule has 1 atom stereocenters. The summed E-state index contributed by atoms with van der Waals surface area (Å²) in [6.45, 7) is 4.42. The Bertz CT molecular complexity index is 548. The van der Waals surface area contributed by atoms with Gasteiger partial charge in [-0.1, -0.05) is 54.1 Å². The first-order valence-corrected chi connectivity index (χ1v) is 7.12. The van der Waals surface area contributed by atoms with Gasteiger partial charge >= 0.3 is 0 Å². The van der Waals surface area contributed by atoms with Gasteiger partial charge in [-0.25, -0.2) is 0 Å². The second-order valence-electron chi connectivity index (χ2n) is 5.68. The molecule has 0 radical (unpaired) electrons. The molecule has 98 valence electrons. The van der Waals surface area contributed by atoms with Crippen LogP contribution in [-0.4, -0.2) is 6.04 Å². The highest BCUT2D eigenvalue weighted by Gasteiger charge is 2.22. The van der Waals surface area contributed by atoms with E-state index in [2.05, 4.69) is 67.7 Å². The zero-order chi connectivity index (χ0) is 13.2. The van der Waals surface area contributed by atoms with E-state index in [0.29, 0.717) is 12.1 Å². The highest BCUT2D eigenvalue weighted by atomic mass is 14.9. The van der Waals surface area contributed by atoms with Crippen LogP contribution >= 0.6 is 0 Å². The molecule has 1 N–H and O–H groups in total. The molecule has 0 unspecified atom stereocenters. The van der Waals surface area contributed by atoms with E-state index in [0.717, 1.165) is 12.8 Å². The molecule has 0 fully saturated rings. The minimum absolute atomic E-state index is 0.416. The summed E-state index contributed by atoms with van der Waals surface area (Å²) in [5.74, 6) is 0. The Balaban J connectivity index is 1.67. The molecule has 0 amide bonds. The second-order valence-corrected chi connectivity index (χ2v) is 5.68. The number of benzene rings is 2. The van der Waals surface area contributed by atoms with E-state index in [1.807, 2.05) is 0 Å². The van der Waals surface area contributed by atoms with Gasteiger partial charge in [-0.05, 0) is 43.4 Å². The molecule has 1 heteroatoms. The highest BCUT2D eigenvalue weighted by molar-refractivity contribution is 5.33. The van der Waals surface area contributed by atoms with Gasteiger partial charge in [0.2, 0.25) is 0 Å². The van der Waals surface area contributed by atoms with Crippen LogP contribution in [0.4, 0.5) is 0 Å². The Kier molecular flexibility index (Phi) is 3.39. The largest absolute Gasteiger partial charge is 0.307 e. The van der Waals surface area contributed by atoms with Gasteiger partial charge in [0.25, 0.3) is 0 Å². The molecule has 2 aromatic rings. The molecule has 1 aliphatic rings. The first-order valence-electron chi connectivity index (χ1n) is 7.12. The summed E-state index contributed by atoms with van der Waals surface area (Å²) in [5, 5.41) is 3.77. The quantitative estimate of drug-likeness (QED) is 0.874. The summed E-state index contributed by atoms with van der Waals surface area (Å²) < 4.78 is 0. The van der Waals surface area contributed by atoms with E-state index in [-0.39, 0.29) is 0 Å². The van der Waals surface area contributed by atoms with Gasteiger partial charge in [0.05, 0.1) is 0 Å². The fraction of sp³-hybridized carbons (Fsp3) is 0.333. The predicted octanol–water partition coefficient (Wildman–Crippen LogP) is 3.81. The van der Waals surface area contributed by atoms with Crippen LogP contribution in [0.15, 0.2) is 48.5 Å². The van der Waals surface area contributed by atoms with Crippen molar-refractivity contribution in [3.8, 4) is 0 Å². The molecule has 3 rings (SSSR count). The van der Waals surface area contributed by atoms with E-state index in [1.165, 1.54) is 22.3 Å². The maximum absolute atomic E-state index is 3.77. The van der Waals surface area contributed by atoms with Crippen molar-refractivity contribution in [3.05, 3.63) is 70.8 Å². The van der Waals surface area contributed by atoms with Crippen LogP contribution in [0.1, 0.15) is 35.2 Å². The fourth-order valence-electron chi connectivity index (χ4n) is 3.07. The Hall–Kier alpha value is -1.60. The van der Waals surface area contributed by atoms with Crippen LogP contribution in [0, 0.1) is 6.92 Å². The molecule has 0 aliphatic heterocycles. The number of nitrogens with one attached hydrogen (secondary N) is 1. The molecule has 19 heavy (non-hydrogen) atoms. The summed E-state index contributed by atoms with van der Waals surface area (Å²) in [6, 6.07) is 18.6. The van der Waals surface area contributed by atoms with E-state index in [1.54, 1.807) is 0 Å². The fourth-order valence-corrected chi connectivity index (χ4v) is 3.07. The molecule has 0 saturated heterocycles. The average Bonchev–Trinajstić information content (AvgIpc) is 2.80. The maximum Gasteiger partial charge on any atom is 0.0294 e. The van der Waals surface area contributed by atoms with Crippen molar-refractivity contribution >= 4 is 0 Å². The summed E-state index contributed by atoms with van der Waals surface area (Å²) in [6.07, 6.45) is 2.32. The highest BCUT2D eigenvalue weighted by Crippen LogP contribution is 2.24. The lowest BCUT2D eigenvalue weighted by Gasteiger charge is -2.20. The van der Waals surface area contributed by atoms with Crippen molar-refractivity contribution in [2.75, 3.05) is 0 Å². The molecular weight excluding hydrogens is 230 g/mol. The third-order valence-corrected chi connectivity index (χ3v) is 4.08. The van der Waals surface area contributed by atoms with Crippen molar-refractivity contribution in [1.29, 1.82) is 0 Å². The van der Waals surface area contributed by atoms with Gasteiger partial charge < -0.3 is 5.32 Å². The van der Waals surface area contributed by atoms with Gasteiger partial charge in [0.1, 0.15) is 0 Å². The predicted molar refractivity (Wildman–Crippen MR) is 80.4 cm³/mol. The van der Waals surface area contributed by atoms with Crippen LogP contribution in [-0.2, 0) is 12.8 Å². The van der Waals surface area contributed by atoms with Crippen molar-refractivity contribution in [3.63, 3.8) is 0 Å². The van der Waals surface area contributed by atoms with Crippen LogP contribution < -0.4 is 5.32 Å². The van der Waals surface area contributed by atoms with Gasteiger partial charge in [-0.3, -0.25) is 0 Å². The van der Waals surface area contributed by atoms with Crippen LogP contribution in [0.3, 0.4) is 0 Å². The van der Waals surface area contributed by atoms with E-state index in [9.17, 15) is 0 Å². The Morgan fingerprint density at radius 3 is 2.32 bits per heavy atom. The summed E-state index contributed by atoms with van der Waals surface area (Å²) >= 11 is 0. The lowest BCUT2D eigenvalue weighted by Crippen LogP contribution is -2.32.